The number of rotatable bonds is 2. The molecule has 1 aromatic heterocycles. The van der Waals surface area contributed by atoms with Crippen molar-refractivity contribution in [3.8, 4) is 45.4 Å². The number of hydrogen-bond donors (Lipinski definition) is 0. The first-order chi connectivity index (χ1) is 19.2. The van der Waals surface area contributed by atoms with Crippen molar-refractivity contribution in [1.82, 2.24) is 15.0 Å². The maximum Gasteiger partial charge on any atom is 0.226 e. The zero-order valence-electron chi connectivity index (χ0n) is 20.7. The van der Waals surface area contributed by atoms with E-state index in [9.17, 15) is 0 Å². The van der Waals surface area contributed by atoms with Gasteiger partial charge in [-0.15, -0.1) is 0 Å². The van der Waals surface area contributed by atoms with E-state index >= 15 is 0 Å². The van der Waals surface area contributed by atoms with E-state index in [0.29, 0.717) is 11.6 Å². The Morgan fingerprint density at radius 3 is 1.77 bits per heavy atom. The lowest BCUT2D eigenvalue weighted by molar-refractivity contribution is 0.436. The number of para-hydroxylation sites is 2. The fourth-order valence-corrected chi connectivity index (χ4v) is 6.35. The number of ether oxygens (including phenoxy) is 1. The number of fused-ring (bicyclic) bond motifs is 9. The molecule has 8 rings (SSSR count). The zero-order chi connectivity index (χ0) is 26.0. The molecule has 0 fully saturated rings. The van der Waals surface area contributed by atoms with Crippen LogP contribution in [0.25, 0.3) is 33.9 Å². The highest BCUT2D eigenvalue weighted by Gasteiger charge is 2.51. The van der Waals surface area contributed by atoms with E-state index in [4.69, 9.17) is 21.3 Å². The number of nitrogens with zero attached hydrogens (tertiary/aromatic N) is 3. The Labute approximate surface area is 230 Å². The highest BCUT2D eigenvalue weighted by molar-refractivity contribution is 6.28. The average molecular weight is 522 g/mol. The second-order valence-corrected chi connectivity index (χ2v) is 10.1. The molecule has 6 aromatic rings. The Bertz CT molecular complexity index is 1870. The molecule has 1 spiro atoms. The molecule has 39 heavy (non-hydrogen) atoms. The first kappa shape index (κ1) is 22.2. The molecule has 0 amide bonds. The van der Waals surface area contributed by atoms with Crippen molar-refractivity contribution in [2.75, 3.05) is 0 Å². The summed E-state index contributed by atoms with van der Waals surface area (Å²) in [6, 6.07) is 41.6. The van der Waals surface area contributed by atoms with Gasteiger partial charge in [-0.25, -0.2) is 4.98 Å². The van der Waals surface area contributed by atoms with Crippen LogP contribution in [0, 0.1) is 0 Å². The predicted octanol–water partition coefficient (Wildman–Crippen LogP) is 8.33. The molecule has 5 aromatic carbocycles. The van der Waals surface area contributed by atoms with Gasteiger partial charge in [0.25, 0.3) is 0 Å². The minimum atomic E-state index is -0.549. The van der Waals surface area contributed by atoms with Crippen LogP contribution in [-0.4, -0.2) is 15.0 Å². The molecule has 0 saturated heterocycles. The molecule has 2 heterocycles. The highest BCUT2D eigenvalue weighted by Crippen LogP contribution is 2.62. The maximum atomic E-state index is 6.44. The molecular formula is C34H20ClN3O. The second-order valence-electron chi connectivity index (χ2n) is 9.77. The standard InChI is InChI=1S/C34H20ClN3O/c35-33-37-31(21-10-2-1-3-11-21)36-32(38-33)22-18-19-24-23-12-4-5-13-25(23)34(28(24)20-22)26-14-6-8-16-29(26)39-30-17-9-7-15-27(30)34/h1-20H. The largest absolute Gasteiger partial charge is 0.457 e. The van der Waals surface area contributed by atoms with Crippen LogP contribution in [0.5, 0.6) is 11.5 Å². The van der Waals surface area contributed by atoms with E-state index in [1.807, 2.05) is 42.5 Å². The average Bonchev–Trinajstić information content (AvgIpc) is 3.28. The topological polar surface area (TPSA) is 47.9 Å². The molecular weight excluding hydrogens is 502 g/mol. The molecule has 4 nitrogen and oxygen atoms in total. The molecule has 5 heteroatoms. The van der Waals surface area contributed by atoms with E-state index in [-0.39, 0.29) is 5.28 Å². The summed E-state index contributed by atoms with van der Waals surface area (Å²) in [4.78, 5) is 13.8. The Balaban J connectivity index is 1.43. The monoisotopic (exact) mass is 521 g/mol. The van der Waals surface area contributed by atoms with Crippen molar-refractivity contribution in [1.29, 1.82) is 0 Å². The van der Waals surface area contributed by atoms with Crippen LogP contribution in [0.4, 0.5) is 0 Å². The Kier molecular flexibility index (Phi) is 4.76. The first-order valence-electron chi connectivity index (χ1n) is 12.8. The molecule has 0 unspecified atom stereocenters. The molecule has 0 saturated carbocycles. The summed E-state index contributed by atoms with van der Waals surface area (Å²) < 4.78 is 6.44. The van der Waals surface area contributed by atoms with Crippen molar-refractivity contribution >= 4 is 11.6 Å². The van der Waals surface area contributed by atoms with E-state index < -0.39 is 5.41 Å². The summed E-state index contributed by atoms with van der Waals surface area (Å²) in [5, 5.41) is 0.166. The number of aromatic nitrogens is 3. The van der Waals surface area contributed by atoms with Gasteiger partial charge in [0.15, 0.2) is 11.6 Å². The second kappa shape index (κ2) is 8.35. The molecule has 0 bridgehead atoms. The molecule has 0 radical (unpaired) electrons. The predicted molar refractivity (Wildman–Crippen MR) is 153 cm³/mol. The summed E-state index contributed by atoms with van der Waals surface area (Å²) in [5.41, 5.74) is 8.25. The van der Waals surface area contributed by atoms with Crippen LogP contribution in [-0.2, 0) is 5.41 Å². The molecule has 1 aliphatic heterocycles. The van der Waals surface area contributed by atoms with Gasteiger partial charge in [0.2, 0.25) is 5.28 Å². The van der Waals surface area contributed by atoms with Gasteiger partial charge in [-0.3, -0.25) is 0 Å². The van der Waals surface area contributed by atoms with Crippen molar-refractivity contribution < 1.29 is 4.74 Å². The van der Waals surface area contributed by atoms with E-state index in [0.717, 1.165) is 33.8 Å². The molecule has 184 valence electrons. The SMILES string of the molecule is Clc1nc(-c2ccccc2)nc(-c2ccc3c(c2)C2(c4ccccc4Oc4ccccc42)c2ccccc2-3)n1. The van der Waals surface area contributed by atoms with Gasteiger partial charge in [0.05, 0.1) is 5.41 Å². The van der Waals surface area contributed by atoms with Crippen LogP contribution in [0.1, 0.15) is 22.3 Å². The minimum Gasteiger partial charge on any atom is -0.457 e. The van der Waals surface area contributed by atoms with E-state index in [1.165, 1.54) is 22.3 Å². The summed E-state index contributed by atoms with van der Waals surface area (Å²) >= 11 is 6.44. The molecule has 0 atom stereocenters. The molecule has 2 aliphatic rings. The fraction of sp³-hybridized carbons (Fsp3) is 0.0294. The summed E-state index contributed by atoms with van der Waals surface area (Å²) in [6.45, 7) is 0. The van der Waals surface area contributed by atoms with Gasteiger partial charge in [-0.05, 0) is 52.1 Å². The van der Waals surface area contributed by atoms with Crippen molar-refractivity contribution in [3.05, 3.63) is 149 Å². The number of halogens is 1. The number of hydrogen-bond acceptors (Lipinski definition) is 4. The Hall–Kier alpha value is -4.80. The maximum absolute atomic E-state index is 6.44. The third kappa shape index (κ3) is 3.16. The van der Waals surface area contributed by atoms with Crippen molar-refractivity contribution in [2.24, 2.45) is 0 Å². The summed E-state index contributed by atoms with van der Waals surface area (Å²) in [5.74, 6) is 2.81. The van der Waals surface area contributed by atoms with Crippen molar-refractivity contribution in [2.45, 2.75) is 5.41 Å². The van der Waals surface area contributed by atoms with Crippen LogP contribution < -0.4 is 4.74 Å². The normalized spacial score (nSPS) is 13.7. The van der Waals surface area contributed by atoms with Gasteiger partial charge in [0, 0.05) is 22.3 Å². The van der Waals surface area contributed by atoms with Crippen LogP contribution in [0.3, 0.4) is 0 Å². The van der Waals surface area contributed by atoms with Crippen LogP contribution >= 0.6 is 11.6 Å². The van der Waals surface area contributed by atoms with Gasteiger partial charge in [0.1, 0.15) is 11.5 Å². The third-order valence-corrected chi connectivity index (χ3v) is 7.91. The highest BCUT2D eigenvalue weighted by atomic mass is 35.5. The van der Waals surface area contributed by atoms with Gasteiger partial charge < -0.3 is 4.74 Å². The Morgan fingerprint density at radius 2 is 1.05 bits per heavy atom. The zero-order valence-corrected chi connectivity index (χ0v) is 21.4. The van der Waals surface area contributed by atoms with Crippen molar-refractivity contribution in [3.63, 3.8) is 0 Å². The smallest absolute Gasteiger partial charge is 0.226 e. The lowest BCUT2D eigenvalue weighted by atomic mass is 9.66. The third-order valence-electron chi connectivity index (χ3n) is 7.75. The van der Waals surface area contributed by atoms with Crippen LogP contribution in [0.15, 0.2) is 121 Å². The van der Waals surface area contributed by atoms with E-state index in [2.05, 4.69) is 88.8 Å². The van der Waals surface area contributed by atoms with Gasteiger partial charge in [-0.2, -0.15) is 9.97 Å². The fourth-order valence-electron chi connectivity index (χ4n) is 6.19. The van der Waals surface area contributed by atoms with Gasteiger partial charge >= 0.3 is 0 Å². The lowest BCUT2D eigenvalue weighted by Crippen LogP contribution is -2.32. The molecule has 0 N–H and O–H groups in total. The van der Waals surface area contributed by atoms with Gasteiger partial charge in [-0.1, -0.05) is 103 Å². The number of benzene rings is 5. The molecule has 1 aliphatic carbocycles. The van der Waals surface area contributed by atoms with Crippen LogP contribution in [0.2, 0.25) is 5.28 Å². The summed E-state index contributed by atoms with van der Waals surface area (Å²) in [6.07, 6.45) is 0. The van der Waals surface area contributed by atoms with E-state index in [1.54, 1.807) is 0 Å². The summed E-state index contributed by atoms with van der Waals surface area (Å²) in [7, 11) is 0. The Morgan fingerprint density at radius 1 is 0.487 bits per heavy atom. The minimum absolute atomic E-state index is 0.166. The first-order valence-corrected chi connectivity index (χ1v) is 13.2. The quantitative estimate of drug-likeness (QED) is 0.229. The lowest BCUT2D eigenvalue weighted by Gasteiger charge is -2.39.